The van der Waals surface area contributed by atoms with E-state index in [1.165, 1.54) is 7.11 Å². The molecule has 0 bridgehead atoms. The number of anilines is 1. The van der Waals surface area contributed by atoms with Gasteiger partial charge in [0.25, 0.3) is 0 Å². The molecule has 9 heteroatoms. The number of hydrogen-bond acceptors (Lipinski definition) is 7. The number of ether oxygens (including phenoxy) is 2. The first-order valence-electron chi connectivity index (χ1n) is 7.49. The lowest BCUT2D eigenvalue weighted by Gasteiger charge is -2.15. The first-order valence-corrected chi connectivity index (χ1v) is 11.2. The van der Waals surface area contributed by atoms with E-state index < -0.39 is 14.0 Å². The van der Waals surface area contributed by atoms with Crippen LogP contribution in [0.25, 0.3) is 11.2 Å². The SMILES string of the molecule is COC(=O)c1nc2c(C#N)cn(COCC[Si](C)(C)C)c2nc1N. The number of esters is 1. The third-order valence-corrected chi connectivity index (χ3v) is 5.15. The van der Waals surface area contributed by atoms with Gasteiger partial charge < -0.3 is 19.8 Å². The molecule has 2 rings (SSSR count). The maximum absolute atomic E-state index is 11.7. The standard InChI is InChI=1S/C15H21N5O3Si/c1-22-15(21)12-13(17)19-14-11(18-12)10(7-16)8-20(14)9-23-5-6-24(2,3)4/h8H,5-6,9H2,1-4H3,(H2,17,19). The fourth-order valence-corrected chi connectivity index (χ4v) is 2.82. The molecule has 24 heavy (non-hydrogen) atoms. The van der Waals surface area contributed by atoms with E-state index in [9.17, 15) is 10.1 Å². The lowest BCUT2D eigenvalue weighted by molar-refractivity contribution is 0.0595. The van der Waals surface area contributed by atoms with Crippen LogP contribution in [0.3, 0.4) is 0 Å². The molecule has 8 nitrogen and oxygen atoms in total. The highest BCUT2D eigenvalue weighted by Gasteiger charge is 2.20. The van der Waals surface area contributed by atoms with E-state index in [0.717, 1.165) is 6.04 Å². The summed E-state index contributed by atoms with van der Waals surface area (Å²) in [6.07, 6.45) is 1.60. The van der Waals surface area contributed by atoms with E-state index in [1.807, 2.05) is 6.07 Å². The summed E-state index contributed by atoms with van der Waals surface area (Å²) < 4.78 is 12.0. The molecule has 0 saturated heterocycles. The Labute approximate surface area is 141 Å². The van der Waals surface area contributed by atoms with Crippen molar-refractivity contribution in [1.82, 2.24) is 14.5 Å². The lowest BCUT2D eigenvalue weighted by Crippen LogP contribution is -2.22. The number of fused-ring (bicyclic) bond motifs is 1. The average molecular weight is 347 g/mol. The number of hydrogen-bond donors (Lipinski definition) is 1. The lowest BCUT2D eigenvalue weighted by atomic mass is 10.3. The molecule has 0 radical (unpaired) electrons. The van der Waals surface area contributed by atoms with Crippen LogP contribution in [0, 0.1) is 11.3 Å². The normalized spacial score (nSPS) is 11.5. The second kappa shape index (κ2) is 6.98. The van der Waals surface area contributed by atoms with Gasteiger partial charge in [-0.05, 0) is 6.04 Å². The Morgan fingerprint density at radius 2 is 2.12 bits per heavy atom. The van der Waals surface area contributed by atoms with Gasteiger partial charge in [0.2, 0.25) is 0 Å². The Morgan fingerprint density at radius 1 is 1.42 bits per heavy atom. The number of nitrogen functional groups attached to an aromatic ring is 1. The molecule has 128 valence electrons. The largest absolute Gasteiger partial charge is 0.464 e. The average Bonchev–Trinajstić information content (AvgIpc) is 2.86. The monoisotopic (exact) mass is 347 g/mol. The number of nitrogens with zero attached hydrogens (tertiary/aromatic N) is 4. The van der Waals surface area contributed by atoms with Crippen molar-refractivity contribution in [3.05, 3.63) is 17.5 Å². The molecule has 0 amide bonds. The van der Waals surface area contributed by atoms with Gasteiger partial charge in [0.05, 0.1) is 12.7 Å². The zero-order chi connectivity index (χ0) is 17.9. The van der Waals surface area contributed by atoms with Crippen molar-refractivity contribution in [1.29, 1.82) is 5.26 Å². The minimum atomic E-state index is -1.17. The summed E-state index contributed by atoms with van der Waals surface area (Å²) in [6.45, 7) is 7.70. The van der Waals surface area contributed by atoms with Crippen molar-refractivity contribution >= 4 is 31.0 Å². The minimum absolute atomic E-state index is 0.0414. The zero-order valence-corrected chi connectivity index (χ0v) is 15.3. The maximum Gasteiger partial charge on any atom is 0.360 e. The van der Waals surface area contributed by atoms with Gasteiger partial charge in [-0.25, -0.2) is 14.8 Å². The predicted octanol–water partition coefficient (Wildman–Crippen LogP) is 1.98. The summed E-state index contributed by atoms with van der Waals surface area (Å²) in [7, 11) is 0.0626. The number of nitriles is 1. The van der Waals surface area contributed by atoms with Crippen LogP contribution in [0.15, 0.2) is 6.20 Å². The number of rotatable bonds is 6. The Bertz CT molecular complexity index is 804. The maximum atomic E-state index is 11.7. The fourth-order valence-electron chi connectivity index (χ4n) is 2.07. The van der Waals surface area contributed by atoms with Crippen LogP contribution in [0.5, 0.6) is 0 Å². The van der Waals surface area contributed by atoms with Crippen LogP contribution in [0.4, 0.5) is 5.82 Å². The molecule has 2 N–H and O–H groups in total. The van der Waals surface area contributed by atoms with Crippen molar-refractivity contribution in [2.45, 2.75) is 32.4 Å². The first-order chi connectivity index (χ1) is 11.3. The van der Waals surface area contributed by atoms with E-state index in [2.05, 4.69) is 34.3 Å². The summed E-state index contributed by atoms with van der Waals surface area (Å²) in [6, 6.07) is 3.08. The molecule has 0 atom stereocenters. The summed E-state index contributed by atoms with van der Waals surface area (Å²) >= 11 is 0. The molecule has 0 saturated carbocycles. The second-order valence-electron chi connectivity index (χ2n) is 6.59. The highest BCUT2D eigenvalue weighted by Crippen LogP contribution is 2.21. The van der Waals surface area contributed by atoms with Crippen LogP contribution in [0.2, 0.25) is 25.7 Å². The molecule has 2 aromatic heterocycles. The first kappa shape index (κ1) is 17.9. The van der Waals surface area contributed by atoms with E-state index in [4.69, 9.17) is 10.5 Å². The van der Waals surface area contributed by atoms with E-state index >= 15 is 0 Å². The van der Waals surface area contributed by atoms with Gasteiger partial charge >= 0.3 is 5.97 Å². The smallest absolute Gasteiger partial charge is 0.360 e. The number of carbonyl (C=O) groups excluding carboxylic acids is 1. The third-order valence-electron chi connectivity index (χ3n) is 3.44. The van der Waals surface area contributed by atoms with E-state index in [-0.39, 0.29) is 18.2 Å². The van der Waals surface area contributed by atoms with E-state index in [0.29, 0.717) is 23.3 Å². The van der Waals surface area contributed by atoms with Crippen LogP contribution in [-0.2, 0) is 16.2 Å². The van der Waals surface area contributed by atoms with Gasteiger partial charge in [0.1, 0.15) is 18.3 Å². The van der Waals surface area contributed by atoms with E-state index in [1.54, 1.807) is 10.8 Å². The molecule has 2 aromatic rings. The van der Waals surface area contributed by atoms with Crippen LogP contribution >= 0.6 is 0 Å². The van der Waals surface area contributed by atoms with Crippen LogP contribution < -0.4 is 5.73 Å². The highest BCUT2D eigenvalue weighted by atomic mass is 28.3. The topological polar surface area (TPSA) is 116 Å². The fraction of sp³-hybridized carbons (Fsp3) is 0.467. The molecule has 0 aromatic carbocycles. The molecule has 0 spiro atoms. The van der Waals surface area contributed by atoms with Gasteiger partial charge in [0.15, 0.2) is 17.2 Å². The molecule has 0 unspecified atom stereocenters. The third kappa shape index (κ3) is 3.90. The summed E-state index contributed by atoms with van der Waals surface area (Å²) in [5.41, 5.74) is 6.71. The Morgan fingerprint density at radius 3 is 2.71 bits per heavy atom. The molecule has 0 aliphatic carbocycles. The van der Waals surface area contributed by atoms with Crippen LogP contribution in [0.1, 0.15) is 16.1 Å². The van der Waals surface area contributed by atoms with Crippen molar-refractivity contribution < 1.29 is 14.3 Å². The van der Waals surface area contributed by atoms with Gasteiger partial charge in [-0.2, -0.15) is 5.26 Å². The summed E-state index contributed by atoms with van der Waals surface area (Å²) in [5.74, 6) is -0.731. The predicted molar refractivity (Wildman–Crippen MR) is 92.1 cm³/mol. The van der Waals surface area contributed by atoms with Gasteiger partial charge in [-0.15, -0.1) is 0 Å². The summed E-state index contributed by atoms with van der Waals surface area (Å²) in [4.78, 5) is 20.0. The molecular formula is C15H21N5O3Si. The number of methoxy groups -OCH3 is 1. The zero-order valence-electron chi connectivity index (χ0n) is 14.3. The second-order valence-corrected chi connectivity index (χ2v) is 12.2. The van der Waals surface area contributed by atoms with Crippen molar-refractivity contribution in [3.8, 4) is 6.07 Å². The van der Waals surface area contributed by atoms with Gasteiger partial charge in [-0.1, -0.05) is 19.6 Å². The van der Waals surface area contributed by atoms with Crippen LogP contribution in [-0.4, -0.2) is 42.3 Å². The summed E-state index contributed by atoms with van der Waals surface area (Å²) in [5, 5.41) is 9.27. The Hall–Kier alpha value is -2.44. The molecule has 2 heterocycles. The van der Waals surface area contributed by atoms with Gasteiger partial charge in [-0.3, -0.25) is 0 Å². The molecule has 0 aliphatic heterocycles. The Balaban J connectivity index is 2.30. The van der Waals surface area contributed by atoms with Crippen molar-refractivity contribution in [2.24, 2.45) is 0 Å². The molecule has 0 aliphatic rings. The number of nitrogens with two attached hydrogens (primary N) is 1. The van der Waals surface area contributed by atoms with Gasteiger partial charge in [0, 0.05) is 20.9 Å². The highest BCUT2D eigenvalue weighted by molar-refractivity contribution is 6.76. The number of carbonyl (C=O) groups is 1. The number of aromatic nitrogens is 3. The van der Waals surface area contributed by atoms with Crippen molar-refractivity contribution in [3.63, 3.8) is 0 Å². The van der Waals surface area contributed by atoms with Crippen molar-refractivity contribution in [2.75, 3.05) is 19.5 Å². The quantitative estimate of drug-likeness (QED) is 0.482. The molecule has 0 fully saturated rings. The minimum Gasteiger partial charge on any atom is -0.464 e. The molecular weight excluding hydrogens is 326 g/mol. The Kier molecular flexibility index (Phi) is 5.21.